The fraction of sp³-hybridized carbons (Fsp3) is 0.818. The smallest absolute Gasteiger partial charge is 0.325 e. The van der Waals surface area contributed by atoms with E-state index in [-0.39, 0.29) is 18.6 Å². The molecule has 1 aliphatic heterocycles. The number of esters is 1. The van der Waals surface area contributed by atoms with Crippen molar-refractivity contribution < 1.29 is 19.1 Å². The molecular weight excluding hydrogens is 224 g/mol. The van der Waals surface area contributed by atoms with E-state index in [4.69, 9.17) is 4.74 Å². The van der Waals surface area contributed by atoms with E-state index in [1.54, 1.807) is 0 Å². The Morgan fingerprint density at radius 3 is 2.82 bits per heavy atom. The van der Waals surface area contributed by atoms with Gasteiger partial charge in [0, 0.05) is 13.2 Å². The van der Waals surface area contributed by atoms with Crippen LogP contribution in [0.15, 0.2) is 0 Å². The van der Waals surface area contributed by atoms with E-state index in [9.17, 15) is 9.59 Å². The first-order chi connectivity index (χ1) is 8.17. The Morgan fingerprint density at radius 1 is 1.53 bits per heavy atom. The molecule has 0 saturated carbocycles. The van der Waals surface area contributed by atoms with Crippen molar-refractivity contribution in [1.82, 2.24) is 10.2 Å². The van der Waals surface area contributed by atoms with Gasteiger partial charge in [0.2, 0.25) is 0 Å². The van der Waals surface area contributed by atoms with Crippen LogP contribution in [0.3, 0.4) is 0 Å². The molecule has 0 spiro atoms. The predicted octanol–water partition coefficient (Wildman–Crippen LogP) is 0.370. The highest BCUT2D eigenvalue weighted by Gasteiger charge is 2.22. The van der Waals surface area contributed by atoms with Crippen LogP contribution in [0.25, 0.3) is 0 Å². The van der Waals surface area contributed by atoms with Gasteiger partial charge in [-0.1, -0.05) is 6.92 Å². The third kappa shape index (κ3) is 4.60. The predicted molar refractivity (Wildman–Crippen MR) is 61.6 cm³/mol. The number of methoxy groups -OCH3 is 1. The highest BCUT2D eigenvalue weighted by Crippen LogP contribution is 2.04. The lowest BCUT2D eigenvalue weighted by molar-refractivity contribution is -0.141. The minimum absolute atomic E-state index is 0.0102. The van der Waals surface area contributed by atoms with Crippen LogP contribution < -0.4 is 5.32 Å². The van der Waals surface area contributed by atoms with Crippen molar-refractivity contribution in [2.45, 2.75) is 25.8 Å². The van der Waals surface area contributed by atoms with Crippen LogP contribution in [0, 0.1) is 0 Å². The van der Waals surface area contributed by atoms with Crippen LogP contribution in [0.2, 0.25) is 0 Å². The number of amides is 2. The summed E-state index contributed by atoms with van der Waals surface area (Å²) in [7, 11) is 1.31. The van der Waals surface area contributed by atoms with Gasteiger partial charge in [-0.3, -0.25) is 4.79 Å². The summed E-state index contributed by atoms with van der Waals surface area (Å²) in [4.78, 5) is 24.5. The van der Waals surface area contributed by atoms with E-state index in [1.807, 2.05) is 6.92 Å². The Morgan fingerprint density at radius 2 is 2.29 bits per heavy atom. The summed E-state index contributed by atoms with van der Waals surface area (Å²) >= 11 is 0. The van der Waals surface area contributed by atoms with Crippen molar-refractivity contribution in [3.63, 3.8) is 0 Å². The van der Waals surface area contributed by atoms with E-state index in [0.29, 0.717) is 19.8 Å². The fourth-order valence-corrected chi connectivity index (χ4v) is 1.66. The van der Waals surface area contributed by atoms with Crippen LogP contribution >= 0.6 is 0 Å². The molecule has 1 fully saturated rings. The molecule has 0 aliphatic carbocycles. The summed E-state index contributed by atoms with van der Waals surface area (Å²) in [5.74, 6) is -0.406. The van der Waals surface area contributed by atoms with E-state index in [1.165, 1.54) is 12.0 Å². The number of hydrogen-bond donors (Lipinski definition) is 1. The molecule has 1 saturated heterocycles. The number of carbonyl (C=O) groups is 2. The average molecular weight is 244 g/mol. The maximum atomic E-state index is 11.9. The molecule has 98 valence electrons. The van der Waals surface area contributed by atoms with E-state index >= 15 is 0 Å². The summed E-state index contributed by atoms with van der Waals surface area (Å²) in [6, 6.07) is -0.174. The molecule has 1 unspecified atom stereocenters. The third-order valence-corrected chi connectivity index (χ3v) is 2.59. The van der Waals surface area contributed by atoms with Crippen LogP contribution in [-0.4, -0.2) is 56.4 Å². The van der Waals surface area contributed by atoms with Crippen LogP contribution in [0.5, 0.6) is 0 Å². The molecule has 0 radical (unpaired) electrons. The van der Waals surface area contributed by atoms with Crippen LogP contribution in [-0.2, 0) is 14.3 Å². The van der Waals surface area contributed by atoms with Gasteiger partial charge in [0.25, 0.3) is 0 Å². The van der Waals surface area contributed by atoms with Crippen molar-refractivity contribution in [3.8, 4) is 0 Å². The molecule has 1 heterocycles. The van der Waals surface area contributed by atoms with Gasteiger partial charge >= 0.3 is 12.0 Å². The zero-order valence-electron chi connectivity index (χ0n) is 10.4. The third-order valence-electron chi connectivity index (χ3n) is 2.59. The second kappa shape index (κ2) is 7.11. The first kappa shape index (κ1) is 13.8. The van der Waals surface area contributed by atoms with Gasteiger partial charge < -0.3 is 19.7 Å². The standard InChI is InChI=1S/C11H20N2O4/c1-3-5-13(7-10(14)16-2)11(15)12-9-4-6-17-8-9/h9H,3-8H2,1-2H3,(H,12,15). The van der Waals surface area contributed by atoms with Crippen molar-refractivity contribution in [3.05, 3.63) is 0 Å². The maximum Gasteiger partial charge on any atom is 0.325 e. The Labute approximate surface area is 101 Å². The van der Waals surface area contributed by atoms with Gasteiger partial charge in [-0.2, -0.15) is 0 Å². The monoisotopic (exact) mass is 244 g/mol. The van der Waals surface area contributed by atoms with Crippen LogP contribution in [0.4, 0.5) is 4.79 Å². The normalized spacial score (nSPS) is 18.8. The lowest BCUT2D eigenvalue weighted by Gasteiger charge is -2.23. The number of ether oxygens (including phenoxy) is 2. The Kier molecular flexibility index (Phi) is 5.76. The molecule has 2 amide bonds. The summed E-state index contributed by atoms with van der Waals surface area (Å²) in [6.45, 7) is 3.70. The molecule has 6 nitrogen and oxygen atoms in total. The Balaban J connectivity index is 2.43. The first-order valence-electron chi connectivity index (χ1n) is 5.87. The molecule has 17 heavy (non-hydrogen) atoms. The molecule has 1 atom stereocenters. The minimum Gasteiger partial charge on any atom is -0.468 e. The minimum atomic E-state index is -0.406. The zero-order valence-corrected chi connectivity index (χ0v) is 10.4. The summed E-state index contributed by atoms with van der Waals surface area (Å²) < 4.78 is 9.74. The maximum absolute atomic E-state index is 11.9. The zero-order chi connectivity index (χ0) is 12.7. The van der Waals surface area contributed by atoms with Gasteiger partial charge in [-0.05, 0) is 12.8 Å². The molecule has 1 rings (SSSR count). The highest BCUT2D eigenvalue weighted by atomic mass is 16.5. The van der Waals surface area contributed by atoms with Gasteiger partial charge in [0.1, 0.15) is 6.54 Å². The molecule has 6 heteroatoms. The quantitative estimate of drug-likeness (QED) is 0.709. The highest BCUT2D eigenvalue weighted by molar-refractivity contribution is 5.81. The molecule has 0 aromatic rings. The lowest BCUT2D eigenvalue weighted by atomic mass is 10.3. The van der Waals surface area contributed by atoms with Gasteiger partial charge in [-0.25, -0.2) is 4.79 Å². The largest absolute Gasteiger partial charge is 0.468 e. The average Bonchev–Trinajstić information content (AvgIpc) is 2.81. The van der Waals surface area contributed by atoms with Gasteiger partial charge in [0.05, 0.1) is 19.8 Å². The summed E-state index contributed by atoms with van der Waals surface area (Å²) in [5, 5.41) is 2.85. The molecule has 0 aromatic heterocycles. The number of hydrogen-bond acceptors (Lipinski definition) is 4. The topological polar surface area (TPSA) is 67.9 Å². The SMILES string of the molecule is CCCN(CC(=O)OC)C(=O)NC1CCOC1. The molecular formula is C11H20N2O4. The Hall–Kier alpha value is -1.30. The molecule has 0 bridgehead atoms. The van der Waals surface area contributed by atoms with Crippen molar-refractivity contribution in [2.24, 2.45) is 0 Å². The van der Waals surface area contributed by atoms with Crippen molar-refractivity contribution in [1.29, 1.82) is 0 Å². The number of nitrogens with one attached hydrogen (secondary N) is 1. The molecule has 1 aliphatic rings. The van der Waals surface area contributed by atoms with Gasteiger partial charge in [0.15, 0.2) is 0 Å². The van der Waals surface area contributed by atoms with E-state index in [2.05, 4.69) is 10.1 Å². The van der Waals surface area contributed by atoms with E-state index in [0.717, 1.165) is 12.8 Å². The first-order valence-corrected chi connectivity index (χ1v) is 5.87. The lowest BCUT2D eigenvalue weighted by Crippen LogP contribution is -2.47. The number of urea groups is 1. The van der Waals surface area contributed by atoms with Gasteiger partial charge in [-0.15, -0.1) is 0 Å². The molecule has 0 aromatic carbocycles. The van der Waals surface area contributed by atoms with Crippen LogP contribution in [0.1, 0.15) is 19.8 Å². The van der Waals surface area contributed by atoms with Crippen molar-refractivity contribution >= 4 is 12.0 Å². The molecule has 1 N–H and O–H groups in total. The second-order valence-corrected chi connectivity index (χ2v) is 4.01. The number of carbonyl (C=O) groups excluding carboxylic acids is 2. The fourth-order valence-electron chi connectivity index (χ4n) is 1.66. The second-order valence-electron chi connectivity index (χ2n) is 4.01. The number of rotatable bonds is 5. The Bertz CT molecular complexity index is 264. The number of nitrogens with zero attached hydrogens (tertiary/aromatic N) is 1. The van der Waals surface area contributed by atoms with Crippen molar-refractivity contribution in [2.75, 3.05) is 33.4 Å². The van der Waals surface area contributed by atoms with E-state index < -0.39 is 5.97 Å². The summed E-state index contributed by atoms with van der Waals surface area (Å²) in [6.07, 6.45) is 1.62. The summed E-state index contributed by atoms with van der Waals surface area (Å²) in [5.41, 5.74) is 0.